The summed E-state index contributed by atoms with van der Waals surface area (Å²) in [5, 5.41) is 0. The molecule has 1 aromatic carbocycles. The van der Waals surface area contributed by atoms with E-state index < -0.39 is 0 Å². The van der Waals surface area contributed by atoms with Gasteiger partial charge in [-0.15, -0.1) is 0 Å². The largest absolute Gasteiger partial charge is 0.497 e. The number of methoxy groups -OCH3 is 1. The Bertz CT molecular complexity index is 361. The summed E-state index contributed by atoms with van der Waals surface area (Å²) in [6, 6.07) is 5.80. The third kappa shape index (κ3) is 2.47. The number of ether oxygens (including phenoxy) is 2. The lowest BCUT2D eigenvalue weighted by Crippen LogP contribution is -2.15. The minimum Gasteiger partial charge on any atom is -0.497 e. The molecule has 1 unspecified atom stereocenters. The van der Waals surface area contributed by atoms with Crippen LogP contribution in [0.5, 0.6) is 11.5 Å². The number of rotatable bonds is 5. The molecule has 1 fully saturated rings. The highest BCUT2D eigenvalue weighted by Gasteiger charge is 2.29. The van der Waals surface area contributed by atoms with Crippen LogP contribution >= 0.6 is 0 Å². The van der Waals surface area contributed by atoms with Crippen molar-refractivity contribution in [2.75, 3.05) is 7.11 Å². The first-order chi connectivity index (χ1) is 7.74. The normalized spacial score (nSPS) is 16.9. The molecular weight excluding hydrogens is 202 g/mol. The van der Waals surface area contributed by atoms with Crippen LogP contribution in [0.2, 0.25) is 0 Å². The molecule has 1 saturated carbocycles. The quantitative estimate of drug-likeness (QED) is 0.830. The van der Waals surface area contributed by atoms with Gasteiger partial charge in [0.25, 0.3) is 0 Å². The van der Waals surface area contributed by atoms with Crippen molar-refractivity contribution >= 4 is 0 Å². The van der Waals surface area contributed by atoms with Crippen molar-refractivity contribution < 1.29 is 9.47 Å². The average Bonchev–Trinajstić information content (AvgIpc) is 3.12. The first-order valence-corrected chi connectivity index (χ1v) is 5.78. The summed E-state index contributed by atoms with van der Waals surface area (Å²) in [7, 11) is 1.66. The topological polar surface area (TPSA) is 44.5 Å². The highest BCUT2D eigenvalue weighted by Crippen LogP contribution is 2.36. The van der Waals surface area contributed by atoms with Crippen molar-refractivity contribution in [1.82, 2.24) is 0 Å². The molecule has 88 valence electrons. The predicted octanol–water partition coefficient (Wildman–Crippen LogP) is 2.33. The second kappa shape index (κ2) is 4.74. The monoisotopic (exact) mass is 221 g/mol. The number of nitrogens with two attached hydrogens (primary N) is 1. The predicted molar refractivity (Wildman–Crippen MR) is 63.7 cm³/mol. The van der Waals surface area contributed by atoms with Crippen LogP contribution in [-0.2, 0) is 6.54 Å². The Morgan fingerprint density at radius 3 is 2.75 bits per heavy atom. The van der Waals surface area contributed by atoms with Crippen molar-refractivity contribution in [2.24, 2.45) is 11.7 Å². The zero-order valence-electron chi connectivity index (χ0n) is 9.90. The number of hydrogen-bond acceptors (Lipinski definition) is 3. The van der Waals surface area contributed by atoms with E-state index in [9.17, 15) is 0 Å². The standard InChI is InChI=1S/C13H19NO2/c1-9(10-3-4-10)16-13-7-12(15-2)6-5-11(13)8-14/h5-7,9-10H,3-4,8,14H2,1-2H3. The number of hydrogen-bond donors (Lipinski definition) is 1. The first kappa shape index (κ1) is 11.3. The van der Waals surface area contributed by atoms with Crippen molar-refractivity contribution in [2.45, 2.75) is 32.4 Å². The van der Waals surface area contributed by atoms with E-state index in [-0.39, 0.29) is 6.10 Å². The van der Waals surface area contributed by atoms with Gasteiger partial charge in [-0.2, -0.15) is 0 Å². The van der Waals surface area contributed by atoms with Crippen molar-refractivity contribution in [3.05, 3.63) is 23.8 Å². The number of benzene rings is 1. The molecule has 1 aliphatic carbocycles. The Labute approximate surface area is 96.5 Å². The minimum absolute atomic E-state index is 0.275. The maximum Gasteiger partial charge on any atom is 0.127 e. The molecule has 1 aliphatic rings. The second-order valence-corrected chi connectivity index (χ2v) is 4.34. The maximum absolute atomic E-state index is 5.94. The fourth-order valence-corrected chi connectivity index (χ4v) is 1.80. The molecular formula is C13H19NO2. The average molecular weight is 221 g/mol. The van der Waals surface area contributed by atoms with Crippen LogP contribution in [0.15, 0.2) is 18.2 Å². The zero-order chi connectivity index (χ0) is 11.5. The maximum atomic E-state index is 5.94. The summed E-state index contributed by atoms with van der Waals surface area (Å²) in [4.78, 5) is 0. The third-order valence-corrected chi connectivity index (χ3v) is 3.09. The van der Waals surface area contributed by atoms with Crippen LogP contribution in [0, 0.1) is 5.92 Å². The SMILES string of the molecule is COc1ccc(CN)c(OC(C)C2CC2)c1. The van der Waals surface area contributed by atoms with E-state index in [0.717, 1.165) is 23.0 Å². The van der Waals surface area contributed by atoms with Crippen LogP contribution in [-0.4, -0.2) is 13.2 Å². The van der Waals surface area contributed by atoms with Gasteiger partial charge < -0.3 is 15.2 Å². The molecule has 3 heteroatoms. The van der Waals surface area contributed by atoms with Gasteiger partial charge in [0.15, 0.2) is 0 Å². The Morgan fingerprint density at radius 1 is 1.44 bits per heavy atom. The van der Waals surface area contributed by atoms with Gasteiger partial charge in [-0.05, 0) is 31.7 Å². The molecule has 3 nitrogen and oxygen atoms in total. The molecule has 0 aliphatic heterocycles. The summed E-state index contributed by atoms with van der Waals surface area (Å²) >= 11 is 0. The van der Waals surface area contributed by atoms with Gasteiger partial charge in [0.05, 0.1) is 13.2 Å². The van der Waals surface area contributed by atoms with Gasteiger partial charge in [0.1, 0.15) is 11.5 Å². The van der Waals surface area contributed by atoms with E-state index in [2.05, 4.69) is 6.92 Å². The summed E-state index contributed by atoms with van der Waals surface area (Å²) in [5.74, 6) is 2.40. The van der Waals surface area contributed by atoms with E-state index in [1.54, 1.807) is 7.11 Å². The van der Waals surface area contributed by atoms with Crippen LogP contribution in [0.4, 0.5) is 0 Å². The van der Waals surface area contributed by atoms with Gasteiger partial charge >= 0.3 is 0 Å². The van der Waals surface area contributed by atoms with Crippen LogP contribution < -0.4 is 15.2 Å². The minimum atomic E-state index is 0.275. The molecule has 2 N–H and O–H groups in total. The molecule has 0 radical (unpaired) electrons. The zero-order valence-corrected chi connectivity index (χ0v) is 9.90. The molecule has 1 aromatic rings. The molecule has 0 amide bonds. The van der Waals surface area contributed by atoms with E-state index in [4.69, 9.17) is 15.2 Å². The molecule has 0 saturated heterocycles. The first-order valence-electron chi connectivity index (χ1n) is 5.78. The molecule has 0 heterocycles. The molecule has 0 spiro atoms. The van der Waals surface area contributed by atoms with Crippen LogP contribution in [0.25, 0.3) is 0 Å². The van der Waals surface area contributed by atoms with Gasteiger partial charge in [0.2, 0.25) is 0 Å². The molecule has 1 atom stereocenters. The van der Waals surface area contributed by atoms with Crippen molar-refractivity contribution in [3.8, 4) is 11.5 Å². The van der Waals surface area contributed by atoms with Gasteiger partial charge in [-0.3, -0.25) is 0 Å². The Kier molecular flexibility index (Phi) is 3.34. The van der Waals surface area contributed by atoms with Crippen molar-refractivity contribution in [1.29, 1.82) is 0 Å². The van der Waals surface area contributed by atoms with Crippen molar-refractivity contribution in [3.63, 3.8) is 0 Å². The van der Waals surface area contributed by atoms with E-state index >= 15 is 0 Å². The van der Waals surface area contributed by atoms with Crippen LogP contribution in [0.3, 0.4) is 0 Å². The van der Waals surface area contributed by atoms with E-state index in [0.29, 0.717) is 6.54 Å². The lowest BCUT2D eigenvalue weighted by Gasteiger charge is -2.17. The molecule has 0 bridgehead atoms. The summed E-state index contributed by atoms with van der Waals surface area (Å²) in [6.07, 6.45) is 2.84. The second-order valence-electron chi connectivity index (χ2n) is 4.34. The van der Waals surface area contributed by atoms with Gasteiger partial charge in [-0.1, -0.05) is 6.07 Å². The lowest BCUT2D eigenvalue weighted by atomic mass is 10.2. The molecule has 16 heavy (non-hydrogen) atoms. The summed E-state index contributed by atoms with van der Waals surface area (Å²) < 4.78 is 11.1. The summed E-state index contributed by atoms with van der Waals surface area (Å²) in [5.41, 5.74) is 6.72. The van der Waals surface area contributed by atoms with E-state index in [1.807, 2.05) is 18.2 Å². The Balaban J connectivity index is 2.15. The van der Waals surface area contributed by atoms with Gasteiger partial charge in [0, 0.05) is 18.2 Å². The van der Waals surface area contributed by atoms with Crippen LogP contribution in [0.1, 0.15) is 25.3 Å². The lowest BCUT2D eigenvalue weighted by molar-refractivity contribution is 0.195. The van der Waals surface area contributed by atoms with Gasteiger partial charge in [-0.25, -0.2) is 0 Å². The Hall–Kier alpha value is -1.22. The van der Waals surface area contributed by atoms with E-state index in [1.165, 1.54) is 12.8 Å². The summed E-state index contributed by atoms with van der Waals surface area (Å²) in [6.45, 7) is 2.62. The smallest absolute Gasteiger partial charge is 0.127 e. The highest BCUT2D eigenvalue weighted by atomic mass is 16.5. The fraction of sp³-hybridized carbons (Fsp3) is 0.538. The molecule has 0 aromatic heterocycles. The Morgan fingerprint density at radius 2 is 2.19 bits per heavy atom. The third-order valence-electron chi connectivity index (χ3n) is 3.09. The molecule has 2 rings (SSSR count). The highest BCUT2D eigenvalue weighted by molar-refractivity contribution is 5.40. The fourth-order valence-electron chi connectivity index (χ4n) is 1.80.